The summed E-state index contributed by atoms with van der Waals surface area (Å²) in [5.74, 6) is 1.29. The third-order valence-corrected chi connectivity index (χ3v) is 4.61. The van der Waals surface area contributed by atoms with Crippen LogP contribution in [0.4, 0.5) is 0 Å². The van der Waals surface area contributed by atoms with Crippen molar-refractivity contribution in [2.24, 2.45) is 5.92 Å². The largest absolute Gasteiger partial charge is 0.497 e. The minimum atomic E-state index is -0.320. The number of hydrogen-bond acceptors (Lipinski definition) is 4. The van der Waals surface area contributed by atoms with Crippen LogP contribution in [0.15, 0.2) is 24.3 Å². The Balaban J connectivity index is 2.38. The second-order valence-corrected chi connectivity index (χ2v) is 6.40. The van der Waals surface area contributed by atoms with Gasteiger partial charge in [-0.3, -0.25) is 0 Å². The van der Waals surface area contributed by atoms with E-state index in [1.54, 1.807) is 7.11 Å². The first-order valence-electron chi connectivity index (χ1n) is 8.16. The Kier molecular flexibility index (Phi) is 6.24. The average molecular weight is 307 g/mol. The van der Waals surface area contributed by atoms with E-state index >= 15 is 0 Å². The van der Waals surface area contributed by atoms with Crippen molar-refractivity contribution in [3.8, 4) is 5.75 Å². The molecule has 4 nitrogen and oxygen atoms in total. The predicted octanol–water partition coefficient (Wildman–Crippen LogP) is 2.65. The van der Waals surface area contributed by atoms with E-state index in [-0.39, 0.29) is 12.2 Å². The topological polar surface area (TPSA) is 41.9 Å². The summed E-state index contributed by atoms with van der Waals surface area (Å²) >= 11 is 0. The van der Waals surface area contributed by atoms with E-state index < -0.39 is 0 Å². The van der Waals surface area contributed by atoms with E-state index in [1.807, 2.05) is 12.1 Å². The molecule has 0 unspecified atom stereocenters. The van der Waals surface area contributed by atoms with E-state index in [9.17, 15) is 5.11 Å². The van der Waals surface area contributed by atoms with Crippen molar-refractivity contribution in [1.29, 1.82) is 0 Å². The van der Waals surface area contributed by atoms with Crippen LogP contribution in [0.3, 0.4) is 0 Å². The van der Waals surface area contributed by atoms with Gasteiger partial charge in [0, 0.05) is 12.5 Å². The SMILES string of the molecule is COc1cccc([C@@]2(OCCO)CCCC[C@@H]2CN(C)C)c1. The van der Waals surface area contributed by atoms with Crippen LogP contribution in [0.5, 0.6) is 5.75 Å². The molecule has 22 heavy (non-hydrogen) atoms. The fourth-order valence-electron chi connectivity index (χ4n) is 3.66. The predicted molar refractivity (Wildman–Crippen MR) is 88.2 cm³/mol. The molecule has 0 radical (unpaired) electrons. The van der Waals surface area contributed by atoms with Gasteiger partial charge >= 0.3 is 0 Å². The third kappa shape index (κ3) is 3.80. The molecule has 1 N–H and O–H groups in total. The van der Waals surface area contributed by atoms with Crippen LogP contribution in [0.2, 0.25) is 0 Å². The Labute approximate surface area is 134 Å². The highest BCUT2D eigenvalue weighted by Gasteiger charge is 2.43. The summed E-state index contributed by atoms with van der Waals surface area (Å²) in [6, 6.07) is 8.21. The summed E-state index contributed by atoms with van der Waals surface area (Å²) < 4.78 is 11.7. The van der Waals surface area contributed by atoms with Crippen LogP contribution in [0, 0.1) is 5.92 Å². The van der Waals surface area contributed by atoms with Gasteiger partial charge in [-0.1, -0.05) is 25.0 Å². The molecule has 2 atom stereocenters. The van der Waals surface area contributed by atoms with Crippen LogP contribution >= 0.6 is 0 Å². The number of aliphatic hydroxyl groups is 1. The monoisotopic (exact) mass is 307 g/mol. The Bertz CT molecular complexity index is 463. The molecule has 1 aliphatic carbocycles. The smallest absolute Gasteiger partial charge is 0.119 e. The molecule has 2 rings (SSSR count). The second-order valence-electron chi connectivity index (χ2n) is 6.40. The number of methoxy groups -OCH3 is 1. The zero-order chi connectivity index (χ0) is 16.0. The molecular formula is C18H29NO3. The minimum Gasteiger partial charge on any atom is -0.497 e. The molecule has 1 fully saturated rings. The number of hydrogen-bond donors (Lipinski definition) is 1. The lowest BCUT2D eigenvalue weighted by molar-refractivity contribution is -0.127. The fourth-order valence-corrected chi connectivity index (χ4v) is 3.66. The molecule has 4 heteroatoms. The summed E-state index contributed by atoms with van der Waals surface area (Å²) in [4.78, 5) is 2.23. The van der Waals surface area contributed by atoms with E-state index in [0.717, 1.165) is 31.6 Å². The lowest BCUT2D eigenvalue weighted by Crippen LogP contribution is -2.45. The van der Waals surface area contributed by atoms with Crippen LogP contribution in [-0.4, -0.2) is 51.0 Å². The zero-order valence-electron chi connectivity index (χ0n) is 14.0. The molecule has 1 aromatic carbocycles. The quantitative estimate of drug-likeness (QED) is 0.841. The lowest BCUT2D eigenvalue weighted by Gasteiger charge is -2.45. The van der Waals surface area contributed by atoms with Gasteiger partial charge in [-0.05, 0) is 44.6 Å². The Morgan fingerprint density at radius 2 is 2.14 bits per heavy atom. The van der Waals surface area contributed by atoms with Crippen molar-refractivity contribution < 1.29 is 14.6 Å². The van der Waals surface area contributed by atoms with Gasteiger partial charge in [0.1, 0.15) is 5.75 Å². The highest BCUT2D eigenvalue weighted by Crippen LogP contribution is 2.45. The highest BCUT2D eigenvalue weighted by molar-refractivity contribution is 5.33. The van der Waals surface area contributed by atoms with Crippen LogP contribution in [0.1, 0.15) is 31.2 Å². The van der Waals surface area contributed by atoms with Gasteiger partial charge in [0.2, 0.25) is 0 Å². The molecule has 0 saturated heterocycles. The van der Waals surface area contributed by atoms with E-state index in [4.69, 9.17) is 9.47 Å². The summed E-state index contributed by atoms with van der Waals surface area (Å²) in [6.45, 7) is 1.42. The molecular weight excluding hydrogens is 278 g/mol. The van der Waals surface area contributed by atoms with Gasteiger partial charge < -0.3 is 19.5 Å². The first-order valence-corrected chi connectivity index (χ1v) is 8.16. The second kappa shape index (κ2) is 7.95. The highest BCUT2D eigenvalue weighted by atomic mass is 16.5. The van der Waals surface area contributed by atoms with Gasteiger partial charge in [-0.25, -0.2) is 0 Å². The maximum atomic E-state index is 9.27. The molecule has 124 valence electrons. The summed E-state index contributed by atoms with van der Waals surface area (Å²) in [6.07, 6.45) is 4.55. The standard InChI is InChI=1S/C18H29NO3/c1-19(2)14-16-7-4-5-10-18(16,22-12-11-20)15-8-6-9-17(13-15)21-3/h6,8-9,13,16,20H,4-5,7,10-12,14H2,1-3H3/t16-,18+/m1/s1. The Morgan fingerprint density at radius 1 is 1.32 bits per heavy atom. The van der Waals surface area contributed by atoms with Crippen LogP contribution in [0.25, 0.3) is 0 Å². The summed E-state index contributed by atoms with van der Waals surface area (Å²) in [5.41, 5.74) is 0.853. The third-order valence-electron chi connectivity index (χ3n) is 4.61. The van der Waals surface area contributed by atoms with Crippen LogP contribution in [-0.2, 0) is 10.3 Å². The number of ether oxygens (including phenoxy) is 2. The molecule has 0 aliphatic heterocycles. The van der Waals surface area contributed by atoms with Crippen molar-refractivity contribution in [3.63, 3.8) is 0 Å². The maximum absolute atomic E-state index is 9.27. The molecule has 1 aliphatic rings. The van der Waals surface area contributed by atoms with Gasteiger partial charge in [0.05, 0.1) is 25.9 Å². The Morgan fingerprint density at radius 3 is 2.82 bits per heavy atom. The number of nitrogens with zero attached hydrogens (tertiary/aromatic N) is 1. The molecule has 0 heterocycles. The van der Waals surface area contributed by atoms with Crippen molar-refractivity contribution >= 4 is 0 Å². The van der Waals surface area contributed by atoms with E-state index in [0.29, 0.717) is 12.5 Å². The first-order chi connectivity index (χ1) is 10.6. The molecule has 0 aromatic heterocycles. The first kappa shape index (κ1) is 17.3. The van der Waals surface area contributed by atoms with Gasteiger partial charge in [-0.15, -0.1) is 0 Å². The molecule has 0 bridgehead atoms. The summed E-state index contributed by atoms with van der Waals surface area (Å²) in [5, 5.41) is 9.27. The number of rotatable bonds is 7. The van der Waals surface area contributed by atoms with E-state index in [2.05, 4.69) is 31.1 Å². The van der Waals surface area contributed by atoms with Crippen molar-refractivity contribution in [3.05, 3.63) is 29.8 Å². The number of benzene rings is 1. The van der Waals surface area contributed by atoms with Gasteiger partial charge in [0.15, 0.2) is 0 Å². The fraction of sp³-hybridized carbons (Fsp3) is 0.667. The molecule has 1 aromatic rings. The van der Waals surface area contributed by atoms with Gasteiger partial charge in [0.25, 0.3) is 0 Å². The zero-order valence-corrected chi connectivity index (χ0v) is 14.0. The summed E-state index contributed by atoms with van der Waals surface area (Å²) in [7, 11) is 5.91. The normalized spacial score (nSPS) is 25.4. The molecule has 0 spiro atoms. The minimum absolute atomic E-state index is 0.0560. The maximum Gasteiger partial charge on any atom is 0.119 e. The van der Waals surface area contributed by atoms with Crippen molar-refractivity contribution in [1.82, 2.24) is 4.90 Å². The van der Waals surface area contributed by atoms with Crippen molar-refractivity contribution in [2.45, 2.75) is 31.3 Å². The van der Waals surface area contributed by atoms with Gasteiger partial charge in [-0.2, -0.15) is 0 Å². The number of aliphatic hydroxyl groups excluding tert-OH is 1. The van der Waals surface area contributed by atoms with Crippen LogP contribution < -0.4 is 4.74 Å². The van der Waals surface area contributed by atoms with Crippen molar-refractivity contribution in [2.75, 3.05) is 41.0 Å². The Hall–Kier alpha value is -1.10. The molecule has 1 saturated carbocycles. The molecule has 0 amide bonds. The van der Waals surface area contributed by atoms with E-state index in [1.165, 1.54) is 12.0 Å². The average Bonchev–Trinajstić information content (AvgIpc) is 2.54. The lowest BCUT2D eigenvalue weighted by atomic mass is 9.71.